The van der Waals surface area contributed by atoms with Gasteiger partial charge in [-0.15, -0.1) is 0 Å². The number of benzene rings is 1. The fourth-order valence-electron chi connectivity index (χ4n) is 3.26. The van der Waals surface area contributed by atoms with E-state index >= 15 is 0 Å². The number of piperidine rings is 1. The maximum absolute atomic E-state index is 6.52. The van der Waals surface area contributed by atoms with E-state index in [1.807, 2.05) is 6.07 Å². The van der Waals surface area contributed by atoms with Gasteiger partial charge in [0.05, 0.1) is 6.61 Å². The Labute approximate surface area is 162 Å². The van der Waals surface area contributed by atoms with Gasteiger partial charge in [-0.2, -0.15) is 0 Å². The smallest absolute Gasteiger partial charge is 0.191 e. The van der Waals surface area contributed by atoms with Gasteiger partial charge in [0.1, 0.15) is 0 Å². The van der Waals surface area contributed by atoms with E-state index in [1.54, 1.807) is 0 Å². The zero-order valence-electron chi connectivity index (χ0n) is 17.5. The summed E-state index contributed by atoms with van der Waals surface area (Å²) < 4.78 is 12.4. The third-order valence-electron chi connectivity index (χ3n) is 6.11. The third kappa shape index (κ3) is 6.80. The zero-order valence-corrected chi connectivity index (χ0v) is 18.5. The van der Waals surface area contributed by atoms with Crippen LogP contribution in [0.2, 0.25) is 18.1 Å². The third-order valence-corrected chi connectivity index (χ3v) is 10.6. The standard InChI is InChI=1S/C22H39NO2Si/c1-22(2,3)26(4,5)25-18-20-13-9-15-23-21(20)14-10-16-24-17-19-11-7-6-8-12-19/h6-8,11-12,20-21,23H,9-10,13-18H2,1-5H3/t20-,21+/m0/s1. The van der Waals surface area contributed by atoms with Gasteiger partial charge in [0.25, 0.3) is 0 Å². The lowest BCUT2D eigenvalue weighted by molar-refractivity contribution is 0.105. The average Bonchev–Trinajstić information content (AvgIpc) is 2.60. The Bertz CT molecular complexity index is 513. The summed E-state index contributed by atoms with van der Waals surface area (Å²) in [7, 11) is -1.65. The molecule has 1 saturated heterocycles. The second kappa shape index (κ2) is 10.0. The van der Waals surface area contributed by atoms with Crippen LogP contribution in [0.1, 0.15) is 52.0 Å². The van der Waals surface area contributed by atoms with Crippen molar-refractivity contribution in [1.29, 1.82) is 0 Å². The summed E-state index contributed by atoms with van der Waals surface area (Å²) in [6.07, 6.45) is 4.85. The molecule has 26 heavy (non-hydrogen) atoms. The van der Waals surface area contributed by atoms with Crippen molar-refractivity contribution in [1.82, 2.24) is 5.32 Å². The SMILES string of the molecule is CC(C)(C)[Si](C)(C)OC[C@@H]1CCCN[C@@H]1CCCOCc1ccccc1. The first-order valence-electron chi connectivity index (χ1n) is 10.3. The molecule has 1 aliphatic rings. The summed E-state index contributed by atoms with van der Waals surface area (Å²) in [6, 6.07) is 11.0. The Balaban J connectivity index is 1.70. The van der Waals surface area contributed by atoms with Gasteiger partial charge in [-0.25, -0.2) is 0 Å². The van der Waals surface area contributed by atoms with Gasteiger partial charge in [0.15, 0.2) is 8.32 Å². The fraction of sp³-hybridized carbons (Fsp3) is 0.727. The molecule has 1 N–H and O–H groups in total. The first-order chi connectivity index (χ1) is 12.3. The molecule has 0 aromatic heterocycles. The highest BCUT2D eigenvalue weighted by molar-refractivity contribution is 6.74. The number of hydrogen-bond acceptors (Lipinski definition) is 3. The Hall–Kier alpha value is -0.683. The van der Waals surface area contributed by atoms with Crippen LogP contribution in [0.3, 0.4) is 0 Å². The maximum Gasteiger partial charge on any atom is 0.191 e. The van der Waals surface area contributed by atoms with Crippen LogP contribution in [0.5, 0.6) is 0 Å². The minimum atomic E-state index is -1.65. The molecule has 4 heteroatoms. The lowest BCUT2D eigenvalue weighted by Crippen LogP contribution is -2.47. The van der Waals surface area contributed by atoms with Crippen molar-refractivity contribution in [2.45, 2.75) is 77.2 Å². The lowest BCUT2D eigenvalue weighted by Gasteiger charge is -2.40. The number of ether oxygens (including phenoxy) is 1. The molecule has 1 aliphatic heterocycles. The largest absolute Gasteiger partial charge is 0.416 e. The van der Waals surface area contributed by atoms with E-state index < -0.39 is 8.32 Å². The van der Waals surface area contributed by atoms with Gasteiger partial charge in [-0.3, -0.25) is 0 Å². The highest BCUT2D eigenvalue weighted by atomic mass is 28.4. The first kappa shape index (κ1) is 21.6. The Morgan fingerprint density at radius 3 is 2.58 bits per heavy atom. The molecular weight excluding hydrogens is 338 g/mol. The summed E-state index contributed by atoms with van der Waals surface area (Å²) in [5.41, 5.74) is 1.25. The van der Waals surface area contributed by atoms with Gasteiger partial charge in [0, 0.05) is 19.3 Å². The van der Waals surface area contributed by atoms with Gasteiger partial charge in [-0.05, 0) is 61.8 Å². The predicted molar refractivity (Wildman–Crippen MR) is 113 cm³/mol. The molecule has 0 amide bonds. The molecule has 1 heterocycles. The van der Waals surface area contributed by atoms with Crippen molar-refractivity contribution in [3.8, 4) is 0 Å². The van der Waals surface area contributed by atoms with Crippen molar-refractivity contribution in [2.24, 2.45) is 5.92 Å². The highest BCUT2D eigenvalue weighted by Gasteiger charge is 2.38. The van der Waals surface area contributed by atoms with Crippen molar-refractivity contribution in [3.05, 3.63) is 35.9 Å². The normalized spacial score (nSPS) is 21.7. The van der Waals surface area contributed by atoms with E-state index in [0.29, 0.717) is 12.0 Å². The molecule has 0 unspecified atom stereocenters. The van der Waals surface area contributed by atoms with Crippen LogP contribution in [0.15, 0.2) is 30.3 Å². The van der Waals surface area contributed by atoms with Crippen molar-refractivity contribution in [2.75, 3.05) is 19.8 Å². The highest BCUT2D eigenvalue weighted by Crippen LogP contribution is 2.37. The number of hydrogen-bond donors (Lipinski definition) is 1. The van der Waals surface area contributed by atoms with E-state index in [1.165, 1.54) is 24.8 Å². The van der Waals surface area contributed by atoms with Crippen LogP contribution in [0, 0.1) is 5.92 Å². The Kier molecular flexibility index (Phi) is 8.33. The molecule has 0 saturated carbocycles. The van der Waals surface area contributed by atoms with Gasteiger partial charge >= 0.3 is 0 Å². The van der Waals surface area contributed by atoms with Crippen molar-refractivity contribution < 1.29 is 9.16 Å². The lowest BCUT2D eigenvalue weighted by atomic mass is 9.89. The van der Waals surface area contributed by atoms with E-state index in [2.05, 4.69) is 63.4 Å². The van der Waals surface area contributed by atoms with E-state index in [4.69, 9.17) is 9.16 Å². The second-order valence-corrected chi connectivity index (χ2v) is 14.0. The zero-order chi connectivity index (χ0) is 19.0. The van der Waals surface area contributed by atoms with E-state index in [-0.39, 0.29) is 5.04 Å². The van der Waals surface area contributed by atoms with Crippen LogP contribution >= 0.6 is 0 Å². The minimum absolute atomic E-state index is 0.288. The van der Waals surface area contributed by atoms with Crippen LogP contribution in [0.4, 0.5) is 0 Å². The summed E-state index contributed by atoms with van der Waals surface area (Å²) >= 11 is 0. The second-order valence-electron chi connectivity index (χ2n) is 9.21. The topological polar surface area (TPSA) is 30.5 Å². The van der Waals surface area contributed by atoms with Crippen LogP contribution in [0.25, 0.3) is 0 Å². The predicted octanol–water partition coefficient (Wildman–Crippen LogP) is 5.37. The summed E-state index contributed by atoms with van der Waals surface area (Å²) in [5.74, 6) is 0.645. The van der Waals surface area contributed by atoms with E-state index in [0.717, 1.165) is 32.8 Å². The van der Waals surface area contributed by atoms with E-state index in [9.17, 15) is 0 Å². The average molecular weight is 378 g/mol. The first-order valence-corrected chi connectivity index (χ1v) is 13.2. The molecule has 0 radical (unpaired) electrons. The Morgan fingerprint density at radius 2 is 1.88 bits per heavy atom. The Morgan fingerprint density at radius 1 is 1.15 bits per heavy atom. The summed E-state index contributed by atoms with van der Waals surface area (Å²) in [4.78, 5) is 0. The molecule has 2 atom stereocenters. The number of nitrogens with one attached hydrogen (secondary N) is 1. The van der Waals surface area contributed by atoms with Gasteiger partial charge < -0.3 is 14.5 Å². The monoisotopic (exact) mass is 377 g/mol. The molecule has 0 spiro atoms. The molecule has 0 bridgehead atoms. The summed E-state index contributed by atoms with van der Waals surface area (Å²) in [5, 5.41) is 4.02. The van der Waals surface area contributed by atoms with Crippen molar-refractivity contribution in [3.63, 3.8) is 0 Å². The minimum Gasteiger partial charge on any atom is -0.416 e. The molecular formula is C22H39NO2Si. The maximum atomic E-state index is 6.52. The van der Waals surface area contributed by atoms with Crippen molar-refractivity contribution >= 4 is 8.32 Å². The molecule has 2 rings (SSSR count). The molecule has 148 valence electrons. The summed E-state index contributed by atoms with van der Waals surface area (Å²) in [6.45, 7) is 15.3. The fourth-order valence-corrected chi connectivity index (χ4v) is 4.32. The number of rotatable bonds is 9. The quantitative estimate of drug-likeness (QED) is 0.463. The van der Waals surface area contributed by atoms with Crippen LogP contribution < -0.4 is 5.32 Å². The molecule has 1 fully saturated rings. The molecule has 1 aromatic carbocycles. The van der Waals surface area contributed by atoms with Crippen LogP contribution in [-0.4, -0.2) is 34.1 Å². The molecule has 1 aromatic rings. The van der Waals surface area contributed by atoms with Crippen LogP contribution in [-0.2, 0) is 15.8 Å². The van der Waals surface area contributed by atoms with Gasteiger partial charge in [-0.1, -0.05) is 51.1 Å². The van der Waals surface area contributed by atoms with Gasteiger partial charge in [0.2, 0.25) is 0 Å². The molecule has 3 nitrogen and oxygen atoms in total. The molecule has 0 aliphatic carbocycles.